The van der Waals surface area contributed by atoms with Crippen LogP contribution in [0.1, 0.15) is 0 Å². The van der Waals surface area contributed by atoms with Gasteiger partial charge in [0.15, 0.2) is 6.61 Å². The zero-order chi connectivity index (χ0) is 15.4. The molecule has 0 aromatic heterocycles. The Bertz CT molecular complexity index is 680. The highest BCUT2D eigenvalue weighted by Gasteiger charge is 2.09. The van der Waals surface area contributed by atoms with Crippen molar-refractivity contribution in [1.29, 1.82) is 0 Å². The van der Waals surface area contributed by atoms with Crippen molar-refractivity contribution in [3.63, 3.8) is 0 Å². The van der Waals surface area contributed by atoms with Crippen molar-refractivity contribution in [3.05, 3.63) is 52.5 Å². The molecule has 0 atom stereocenters. The summed E-state index contributed by atoms with van der Waals surface area (Å²) in [6.07, 6.45) is 0. The quantitative estimate of drug-likeness (QED) is 0.825. The lowest BCUT2D eigenvalue weighted by molar-refractivity contribution is -0.118. The highest BCUT2D eigenvalue weighted by Crippen LogP contribution is 2.21. The van der Waals surface area contributed by atoms with Gasteiger partial charge < -0.3 is 15.8 Å². The topological polar surface area (TPSA) is 64.3 Å². The highest BCUT2D eigenvalue weighted by atomic mass is 79.9. The maximum absolute atomic E-state index is 13.4. The largest absolute Gasteiger partial charge is 0.484 e. The average Bonchev–Trinajstić information content (AvgIpc) is 2.44. The zero-order valence-corrected chi connectivity index (χ0v) is 12.3. The van der Waals surface area contributed by atoms with E-state index in [4.69, 9.17) is 10.5 Å². The second-order valence-electron chi connectivity index (χ2n) is 4.15. The number of anilines is 2. The number of rotatable bonds is 4. The molecular formula is C14H11BrF2N2O2. The van der Waals surface area contributed by atoms with Crippen LogP contribution in [-0.4, -0.2) is 12.5 Å². The van der Waals surface area contributed by atoms with Crippen LogP contribution >= 0.6 is 15.9 Å². The number of amides is 1. The summed E-state index contributed by atoms with van der Waals surface area (Å²) < 4.78 is 32.1. The number of hydrogen-bond acceptors (Lipinski definition) is 3. The van der Waals surface area contributed by atoms with Crippen LogP contribution in [0.4, 0.5) is 20.2 Å². The van der Waals surface area contributed by atoms with Crippen LogP contribution in [0, 0.1) is 11.6 Å². The lowest BCUT2D eigenvalue weighted by Gasteiger charge is -2.09. The molecule has 2 aromatic rings. The molecule has 3 N–H and O–H groups in total. The lowest BCUT2D eigenvalue weighted by Crippen LogP contribution is -2.21. The Kier molecular flexibility index (Phi) is 4.74. The normalized spacial score (nSPS) is 10.2. The highest BCUT2D eigenvalue weighted by molar-refractivity contribution is 9.10. The molecular weight excluding hydrogens is 346 g/mol. The van der Waals surface area contributed by atoms with Gasteiger partial charge in [-0.25, -0.2) is 8.78 Å². The Morgan fingerprint density at radius 1 is 1.19 bits per heavy atom. The van der Waals surface area contributed by atoms with Gasteiger partial charge in [0.1, 0.15) is 17.4 Å². The van der Waals surface area contributed by atoms with Gasteiger partial charge in [0.25, 0.3) is 5.91 Å². The number of nitrogen functional groups attached to an aromatic ring is 1. The minimum absolute atomic E-state index is 0.0365. The van der Waals surface area contributed by atoms with Gasteiger partial charge >= 0.3 is 0 Å². The SMILES string of the molecule is Nc1ccc(F)c(NC(=O)COc2ccc(Br)c(F)c2)c1. The van der Waals surface area contributed by atoms with Gasteiger partial charge in [-0.2, -0.15) is 0 Å². The fraction of sp³-hybridized carbons (Fsp3) is 0.0714. The lowest BCUT2D eigenvalue weighted by atomic mass is 10.2. The number of ether oxygens (including phenoxy) is 1. The Morgan fingerprint density at radius 3 is 2.67 bits per heavy atom. The second-order valence-corrected chi connectivity index (χ2v) is 5.01. The van der Waals surface area contributed by atoms with Crippen LogP contribution in [-0.2, 0) is 4.79 Å². The molecule has 0 spiro atoms. The molecule has 110 valence electrons. The van der Waals surface area contributed by atoms with Crippen molar-refractivity contribution in [2.75, 3.05) is 17.7 Å². The van der Waals surface area contributed by atoms with Crippen LogP contribution < -0.4 is 15.8 Å². The van der Waals surface area contributed by atoms with E-state index in [0.29, 0.717) is 10.2 Å². The van der Waals surface area contributed by atoms with E-state index in [2.05, 4.69) is 21.2 Å². The number of nitrogens with one attached hydrogen (secondary N) is 1. The summed E-state index contributed by atoms with van der Waals surface area (Å²) in [5, 5.41) is 2.33. The molecule has 0 aliphatic rings. The van der Waals surface area contributed by atoms with Crippen molar-refractivity contribution < 1.29 is 18.3 Å². The van der Waals surface area contributed by atoms with E-state index in [1.165, 1.54) is 24.3 Å². The molecule has 2 aromatic carbocycles. The molecule has 0 aliphatic carbocycles. The number of nitrogens with two attached hydrogens (primary N) is 1. The summed E-state index contributed by atoms with van der Waals surface area (Å²) in [6, 6.07) is 7.93. The number of carbonyl (C=O) groups is 1. The molecule has 7 heteroatoms. The van der Waals surface area contributed by atoms with E-state index < -0.39 is 17.5 Å². The second kappa shape index (κ2) is 6.53. The predicted molar refractivity (Wildman–Crippen MR) is 79.0 cm³/mol. The fourth-order valence-electron chi connectivity index (χ4n) is 1.54. The van der Waals surface area contributed by atoms with Crippen LogP contribution in [0.5, 0.6) is 5.75 Å². The zero-order valence-electron chi connectivity index (χ0n) is 10.7. The van der Waals surface area contributed by atoms with Gasteiger partial charge in [-0.05, 0) is 46.3 Å². The molecule has 2 rings (SSSR count). The van der Waals surface area contributed by atoms with Crippen LogP contribution in [0.2, 0.25) is 0 Å². The summed E-state index contributed by atoms with van der Waals surface area (Å²) in [7, 11) is 0. The van der Waals surface area contributed by atoms with Gasteiger partial charge in [-0.3, -0.25) is 4.79 Å². The third kappa shape index (κ3) is 4.16. The maximum atomic E-state index is 13.4. The summed E-state index contributed by atoms with van der Waals surface area (Å²) in [5.41, 5.74) is 5.79. The maximum Gasteiger partial charge on any atom is 0.262 e. The first kappa shape index (κ1) is 15.2. The van der Waals surface area contributed by atoms with Crippen molar-refractivity contribution in [3.8, 4) is 5.75 Å². The number of halogens is 3. The van der Waals surface area contributed by atoms with Crippen molar-refractivity contribution in [2.24, 2.45) is 0 Å². The van der Waals surface area contributed by atoms with Crippen LogP contribution in [0.25, 0.3) is 0 Å². The van der Waals surface area contributed by atoms with Gasteiger partial charge in [0.2, 0.25) is 0 Å². The Hall–Kier alpha value is -2.15. The molecule has 21 heavy (non-hydrogen) atoms. The summed E-state index contributed by atoms with van der Waals surface area (Å²) in [6.45, 7) is -0.380. The van der Waals surface area contributed by atoms with E-state index in [-0.39, 0.29) is 18.0 Å². The van der Waals surface area contributed by atoms with Crippen LogP contribution in [0.15, 0.2) is 40.9 Å². The van der Waals surface area contributed by atoms with Gasteiger partial charge in [0, 0.05) is 11.8 Å². The Labute approximate surface area is 128 Å². The van der Waals surface area contributed by atoms with E-state index in [9.17, 15) is 13.6 Å². The van der Waals surface area contributed by atoms with Crippen molar-refractivity contribution in [1.82, 2.24) is 0 Å². The molecule has 0 fully saturated rings. The van der Waals surface area contributed by atoms with E-state index in [0.717, 1.165) is 12.1 Å². The third-order valence-electron chi connectivity index (χ3n) is 2.53. The number of benzene rings is 2. The molecule has 0 heterocycles. The van der Waals surface area contributed by atoms with Gasteiger partial charge in [-0.15, -0.1) is 0 Å². The summed E-state index contributed by atoms with van der Waals surface area (Å²) in [5.74, 6) is -1.50. The molecule has 4 nitrogen and oxygen atoms in total. The average molecular weight is 357 g/mol. The summed E-state index contributed by atoms with van der Waals surface area (Å²) in [4.78, 5) is 11.7. The monoisotopic (exact) mass is 356 g/mol. The molecule has 0 saturated heterocycles. The van der Waals surface area contributed by atoms with Gasteiger partial charge in [0.05, 0.1) is 10.2 Å². The Morgan fingerprint density at radius 2 is 1.95 bits per heavy atom. The molecule has 0 saturated carbocycles. The molecule has 0 unspecified atom stereocenters. The minimum Gasteiger partial charge on any atom is -0.484 e. The standard InChI is InChI=1S/C14H11BrF2N2O2/c15-10-3-2-9(6-12(10)17)21-7-14(20)19-13-5-8(18)1-4-11(13)16/h1-6H,7,18H2,(H,19,20). The van der Waals surface area contributed by atoms with Crippen molar-refractivity contribution in [2.45, 2.75) is 0 Å². The molecule has 0 aliphatic heterocycles. The van der Waals surface area contributed by atoms with E-state index >= 15 is 0 Å². The smallest absolute Gasteiger partial charge is 0.262 e. The first-order valence-electron chi connectivity index (χ1n) is 5.88. The first-order chi connectivity index (χ1) is 9.95. The predicted octanol–water partition coefficient (Wildman–Crippen LogP) is 3.33. The molecule has 1 amide bonds. The molecule has 0 radical (unpaired) electrons. The first-order valence-corrected chi connectivity index (χ1v) is 6.68. The van der Waals surface area contributed by atoms with Gasteiger partial charge in [-0.1, -0.05) is 0 Å². The number of hydrogen-bond donors (Lipinski definition) is 2. The van der Waals surface area contributed by atoms with Crippen LogP contribution in [0.3, 0.4) is 0 Å². The van der Waals surface area contributed by atoms with E-state index in [1.807, 2.05) is 0 Å². The molecule has 0 bridgehead atoms. The van der Waals surface area contributed by atoms with Crippen molar-refractivity contribution >= 4 is 33.2 Å². The third-order valence-corrected chi connectivity index (χ3v) is 3.17. The number of carbonyl (C=O) groups excluding carboxylic acids is 1. The fourth-order valence-corrected chi connectivity index (χ4v) is 1.79. The summed E-state index contributed by atoms with van der Waals surface area (Å²) >= 11 is 3.01. The Balaban J connectivity index is 1.95. The van der Waals surface area contributed by atoms with E-state index in [1.54, 1.807) is 0 Å². The minimum atomic E-state index is -0.604.